The highest BCUT2D eigenvalue weighted by atomic mass is 16.1. The molecule has 1 rings (SSSR count). The molecule has 0 aromatic heterocycles. The Morgan fingerprint density at radius 1 is 1.19 bits per heavy atom. The van der Waals surface area contributed by atoms with Gasteiger partial charge in [-0.05, 0) is 17.9 Å². The Bertz CT molecular complexity index is 319. The lowest BCUT2D eigenvalue weighted by atomic mass is 10.0. The first-order chi connectivity index (χ1) is 7.59. The highest BCUT2D eigenvalue weighted by molar-refractivity contribution is 5.78. The first-order valence-electron chi connectivity index (χ1n) is 5.91. The van der Waals surface area contributed by atoms with Crippen LogP contribution < -0.4 is 5.32 Å². The molecule has 0 fully saturated rings. The first-order valence-corrected chi connectivity index (χ1v) is 5.91. The molecule has 0 radical (unpaired) electrons. The zero-order valence-corrected chi connectivity index (χ0v) is 10.4. The zero-order valence-electron chi connectivity index (χ0n) is 10.4. The predicted octanol–water partition coefficient (Wildman–Crippen LogP) is 2.64. The number of benzene rings is 1. The molecule has 16 heavy (non-hydrogen) atoms. The van der Waals surface area contributed by atoms with Crippen LogP contribution in [0.2, 0.25) is 0 Å². The third-order valence-corrected chi connectivity index (χ3v) is 2.52. The van der Waals surface area contributed by atoms with Gasteiger partial charge < -0.3 is 5.32 Å². The number of hydrogen-bond acceptors (Lipinski definition) is 1. The quantitative estimate of drug-likeness (QED) is 0.810. The van der Waals surface area contributed by atoms with E-state index in [0.717, 1.165) is 13.0 Å². The Morgan fingerprint density at radius 2 is 1.81 bits per heavy atom. The average Bonchev–Trinajstić information content (AvgIpc) is 2.27. The van der Waals surface area contributed by atoms with Crippen molar-refractivity contribution in [2.24, 2.45) is 11.8 Å². The highest BCUT2D eigenvalue weighted by Crippen LogP contribution is 2.08. The second-order valence-corrected chi connectivity index (χ2v) is 4.73. The molecule has 0 heterocycles. The molecule has 2 heteroatoms. The van der Waals surface area contributed by atoms with Gasteiger partial charge in [0.05, 0.1) is 0 Å². The third-order valence-electron chi connectivity index (χ3n) is 2.52. The van der Waals surface area contributed by atoms with Gasteiger partial charge in [0.15, 0.2) is 0 Å². The Hall–Kier alpha value is -1.31. The molecule has 1 amide bonds. The van der Waals surface area contributed by atoms with Gasteiger partial charge in [0.25, 0.3) is 0 Å². The van der Waals surface area contributed by atoms with Gasteiger partial charge >= 0.3 is 0 Å². The summed E-state index contributed by atoms with van der Waals surface area (Å²) in [5.74, 6) is 0.701. The second-order valence-electron chi connectivity index (χ2n) is 4.73. The van der Waals surface area contributed by atoms with Gasteiger partial charge in [0.2, 0.25) is 5.91 Å². The third kappa shape index (κ3) is 4.47. The van der Waals surface area contributed by atoms with Gasteiger partial charge in [-0.1, -0.05) is 51.1 Å². The molecule has 0 aliphatic heterocycles. The minimum Gasteiger partial charge on any atom is -0.356 e. The first kappa shape index (κ1) is 12.8. The maximum Gasteiger partial charge on any atom is 0.223 e. The van der Waals surface area contributed by atoms with Crippen LogP contribution in [-0.2, 0) is 11.2 Å². The summed E-state index contributed by atoms with van der Waals surface area (Å²) >= 11 is 0. The van der Waals surface area contributed by atoms with Crippen LogP contribution in [0.3, 0.4) is 0 Å². The summed E-state index contributed by atoms with van der Waals surface area (Å²) in [5, 5.41) is 2.96. The van der Waals surface area contributed by atoms with Crippen molar-refractivity contribution in [3.8, 4) is 0 Å². The largest absolute Gasteiger partial charge is 0.356 e. The van der Waals surface area contributed by atoms with E-state index in [0.29, 0.717) is 5.92 Å². The lowest BCUT2D eigenvalue weighted by Crippen LogP contribution is -2.32. The van der Waals surface area contributed by atoms with Crippen molar-refractivity contribution in [1.82, 2.24) is 5.32 Å². The van der Waals surface area contributed by atoms with Crippen molar-refractivity contribution in [2.75, 3.05) is 6.54 Å². The molecular formula is C14H21NO. The zero-order chi connectivity index (χ0) is 12.0. The standard InChI is InChI=1S/C14H21NO/c1-11(2)10-15-14(16)12(3)9-13-7-5-4-6-8-13/h4-8,11-12H,9-10H2,1-3H3,(H,15,16). The molecular weight excluding hydrogens is 198 g/mol. The number of hydrogen-bond donors (Lipinski definition) is 1. The van der Waals surface area contributed by atoms with Crippen LogP contribution in [0, 0.1) is 11.8 Å². The molecule has 1 aromatic carbocycles. The molecule has 1 unspecified atom stereocenters. The lowest BCUT2D eigenvalue weighted by Gasteiger charge is -2.13. The summed E-state index contributed by atoms with van der Waals surface area (Å²) in [4.78, 5) is 11.7. The van der Waals surface area contributed by atoms with E-state index in [-0.39, 0.29) is 11.8 Å². The maximum absolute atomic E-state index is 11.7. The molecule has 0 saturated heterocycles. The second kappa shape index (κ2) is 6.31. The fourth-order valence-corrected chi connectivity index (χ4v) is 1.54. The van der Waals surface area contributed by atoms with E-state index in [1.807, 2.05) is 25.1 Å². The minimum absolute atomic E-state index is 0.0427. The summed E-state index contributed by atoms with van der Waals surface area (Å²) in [7, 11) is 0. The van der Waals surface area contributed by atoms with Crippen molar-refractivity contribution < 1.29 is 4.79 Å². The molecule has 2 nitrogen and oxygen atoms in total. The smallest absolute Gasteiger partial charge is 0.223 e. The topological polar surface area (TPSA) is 29.1 Å². The predicted molar refractivity (Wildman–Crippen MR) is 67.2 cm³/mol. The molecule has 0 bridgehead atoms. The van der Waals surface area contributed by atoms with Crippen molar-refractivity contribution in [3.63, 3.8) is 0 Å². The molecule has 1 N–H and O–H groups in total. The summed E-state index contributed by atoms with van der Waals surface area (Å²) in [6.07, 6.45) is 0.810. The molecule has 0 saturated carbocycles. The number of carbonyl (C=O) groups is 1. The van der Waals surface area contributed by atoms with E-state index in [9.17, 15) is 4.79 Å². The van der Waals surface area contributed by atoms with E-state index in [2.05, 4.69) is 31.3 Å². The molecule has 0 aliphatic carbocycles. The number of rotatable bonds is 5. The number of amides is 1. The van der Waals surface area contributed by atoms with Crippen LogP contribution in [0.15, 0.2) is 30.3 Å². The van der Waals surface area contributed by atoms with Gasteiger partial charge in [-0.25, -0.2) is 0 Å². The monoisotopic (exact) mass is 219 g/mol. The average molecular weight is 219 g/mol. The van der Waals surface area contributed by atoms with E-state index in [4.69, 9.17) is 0 Å². The van der Waals surface area contributed by atoms with Gasteiger partial charge in [-0.15, -0.1) is 0 Å². The van der Waals surface area contributed by atoms with Crippen LogP contribution in [0.25, 0.3) is 0 Å². The van der Waals surface area contributed by atoms with Crippen LogP contribution in [0.4, 0.5) is 0 Å². The Kier molecular flexibility index (Phi) is 5.03. The summed E-state index contributed by atoms with van der Waals surface area (Å²) in [6.45, 7) is 6.94. The van der Waals surface area contributed by atoms with Crippen molar-refractivity contribution in [2.45, 2.75) is 27.2 Å². The Balaban J connectivity index is 2.40. The minimum atomic E-state index is 0.0427. The molecule has 0 aliphatic rings. The van der Waals surface area contributed by atoms with Gasteiger partial charge in [0.1, 0.15) is 0 Å². The fourth-order valence-electron chi connectivity index (χ4n) is 1.54. The van der Waals surface area contributed by atoms with E-state index >= 15 is 0 Å². The van der Waals surface area contributed by atoms with Crippen LogP contribution in [0.5, 0.6) is 0 Å². The Labute approximate surface area is 98.1 Å². The molecule has 88 valence electrons. The van der Waals surface area contributed by atoms with Crippen molar-refractivity contribution >= 4 is 5.91 Å². The summed E-state index contributed by atoms with van der Waals surface area (Å²) in [5.41, 5.74) is 1.22. The van der Waals surface area contributed by atoms with Gasteiger partial charge in [-0.3, -0.25) is 4.79 Å². The number of carbonyl (C=O) groups excluding carboxylic acids is 1. The van der Waals surface area contributed by atoms with Crippen LogP contribution in [-0.4, -0.2) is 12.5 Å². The summed E-state index contributed by atoms with van der Waals surface area (Å²) in [6, 6.07) is 10.1. The molecule has 1 aromatic rings. The van der Waals surface area contributed by atoms with Crippen LogP contribution >= 0.6 is 0 Å². The van der Waals surface area contributed by atoms with Crippen molar-refractivity contribution in [1.29, 1.82) is 0 Å². The van der Waals surface area contributed by atoms with Crippen molar-refractivity contribution in [3.05, 3.63) is 35.9 Å². The fraction of sp³-hybridized carbons (Fsp3) is 0.500. The van der Waals surface area contributed by atoms with Gasteiger partial charge in [0, 0.05) is 12.5 Å². The van der Waals surface area contributed by atoms with Crippen LogP contribution in [0.1, 0.15) is 26.3 Å². The maximum atomic E-state index is 11.7. The number of nitrogens with one attached hydrogen (secondary N) is 1. The SMILES string of the molecule is CC(C)CNC(=O)C(C)Cc1ccccc1. The highest BCUT2D eigenvalue weighted by Gasteiger charge is 2.12. The van der Waals surface area contributed by atoms with E-state index in [1.54, 1.807) is 0 Å². The molecule has 0 spiro atoms. The molecule has 1 atom stereocenters. The lowest BCUT2D eigenvalue weighted by molar-refractivity contribution is -0.124. The van der Waals surface area contributed by atoms with E-state index < -0.39 is 0 Å². The summed E-state index contributed by atoms with van der Waals surface area (Å²) < 4.78 is 0. The van der Waals surface area contributed by atoms with Gasteiger partial charge in [-0.2, -0.15) is 0 Å². The Morgan fingerprint density at radius 3 is 2.38 bits per heavy atom. The van der Waals surface area contributed by atoms with E-state index in [1.165, 1.54) is 5.56 Å². The normalized spacial score (nSPS) is 12.5.